The smallest absolute Gasteiger partial charge is 0.222 e. The highest BCUT2D eigenvalue weighted by Crippen LogP contribution is 2.10. The molecule has 0 saturated carbocycles. The molecule has 0 radical (unpaired) electrons. The van der Waals surface area contributed by atoms with E-state index >= 15 is 0 Å². The fourth-order valence-corrected chi connectivity index (χ4v) is 3.96. The molecule has 0 spiro atoms. The van der Waals surface area contributed by atoms with Gasteiger partial charge in [0.2, 0.25) is 5.91 Å². The summed E-state index contributed by atoms with van der Waals surface area (Å²) in [5.74, 6) is 1.14. The minimum Gasteiger partial charge on any atom is -0.379 e. The lowest BCUT2D eigenvalue weighted by Gasteiger charge is -2.37. The number of hydrogen-bond donors (Lipinski definition) is 0. The first-order valence-corrected chi connectivity index (χ1v) is 13.3. The fourth-order valence-electron chi connectivity index (χ4n) is 3.96. The minimum atomic E-state index is 0.316. The van der Waals surface area contributed by atoms with Crippen LogP contribution >= 0.6 is 0 Å². The largest absolute Gasteiger partial charge is 0.379 e. The summed E-state index contributed by atoms with van der Waals surface area (Å²) in [6, 6.07) is 0.574. The third-order valence-corrected chi connectivity index (χ3v) is 6.14. The molecule has 32 heavy (non-hydrogen) atoms. The lowest BCUT2D eigenvalue weighted by molar-refractivity contribution is -0.133. The van der Waals surface area contributed by atoms with Crippen LogP contribution in [0.4, 0.5) is 0 Å². The number of nitrogens with zero attached hydrogens (tertiary/aromatic N) is 2. The first kappa shape index (κ1) is 29.3. The van der Waals surface area contributed by atoms with Crippen molar-refractivity contribution in [1.29, 1.82) is 0 Å². The number of ether oxygens (including phenoxy) is 3. The molecule has 1 aliphatic heterocycles. The zero-order valence-electron chi connectivity index (χ0n) is 21.6. The van der Waals surface area contributed by atoms with Gasteiger partial charge in [-0.2, -0.15) is 0 Å². The Bertz CT molecular complexity index is 438. The van der Waals surface area contributed by atoms with Crippen LogP contribution in [0.5, 0.6) is 0 Å². The summed E-state index contributed by atoms with van der Waals surface area (Å²) in [5, 5.41) is 0. The van der Waals surface area contributed by atoms with Crippen molar-refractivity contribution in [3.8, 4) is 0 Å². The van der Waals surface area contributed by atoms with E-state index in [4.69, 9.17) is 14.2 Å². The maximum absolute atomic E-state index is 12.3. The molecule has 1 amide bonds. The topological polar surface area (TPSA) is 51.2 Å². The van der Waals surface area contributed by atoms with Gasteiger partial charge in [-0.25, -0.2) is 0 Å². The third-order valence-electron chi connectivity index (χ3n) is 6.14. The fraction of sp³-hybridized carbons (Fsp3) is 0.962. The predicted molar refractivity (Wildman–Crippen MR) is 132 cm³/mol. The normalized spacial score (nSPS) is 15.2. The van der Waals surface area contributed by atoms with Crippen molar-refractivity contribution in [2.45, 2.75) is 91.5 Å². The molecule has 6 heteroatoms. The summed E-state index contributed by atoms with van der Waals surface area (Å²) in [6.07, 6.45) is 10.1. The van der Waals surface area contributed by atoms with Gasteiger partial charge >= 0.3 is 0 Å². The molecule has 0 atom stereocenters. The predicted octanol–water partition coefficient (Wildman–Crippen LogP) is 4.76. The van der Waals surface area contributed by atoms with Crippen LogP contribution in [0.1, 0.15) is 85.5 Å². The van der Waals surface area contributed by atoms with Crippen LogP contribution in [0.25, 0.3) is 0 Å². The Balaban J connectivity index is 1.76. The van der Waals surface area contributed by atoms with Crippen LogP contribution < -0.4 is 0 Å². The average molecular weight is 457 g/mol. The first-order valence-electron chi connectivity index (χ1n) is 13.3. The SMILES string of the molecule is CC(C)CCCCCCOCCOCCOCCCCCC(=O)N1CCN(C(C)C)CC1. The number of carbonyl (C=O) groups is 1. The van der Waals surface area contributed by atoms with E-state index in [0.29, 0.717) is 44.8 Å². The van der Waals surface area contributed by atoms with Gasteiger partial charge in [-0.1, -0.05) is 46.0 Å². The van der Waals surface area contributed by atoms with Gasteiger partial charge in [0.25, 0.3) is 0 Å². The second-order valence-corrected chi connectivity index (χ2v) is 9.76. The summed E-state index contributed by atoms with van der Waals surface area (Å²) >= 11 is 0. The van der Waals surface area contributed by atoms with Crippen molar-refractivity contribution in [3.63, 3.8) is 0 Å². The molecule has 1 heterocycles. The molecule has 0 aromatic heterocycles. The third kappa shape index (κ3) is 16.0. The van der Waals surface area contributed by atoms with Crippen molar-refractivity contribution in [3.05, 3.63) is 0 Å². The van der Waals surface area contributed by atoms with Crippen LogP contribution in [-0.4, -0.2) is 87.6 Å². The maximum Gasteiger partial charge on any atom is 0.222 e. The second-order valence-electron chi connectivity index (χ2n) is 9.76. The monoisotopic (exact) mass is 456 g/mol. The van der Waals surface area contributed by atoms with E-state index < -0.39 is 0 Å². The van der Waals surface area contributed by atoms with Gasteiger partial charge in [-0.3, -0.25) is 9.69 Å². The molecule has 0 N–H and O–H groups in total. The van der Waals surface area contributed by atoms with Gasteiger partial charge < -0.3 is 19.1 Å². The average Bonchev–Trinajstić information content (AvgIpc) is 2.78. The molecule has 1 saturated heterocycles. The van der Waals surface area contributed by atoms with Gasteiger partial charge in [0, 0.05) is 51.9 Å². The number of carbonyl (C=O) groups excluding carboxylic acids is 1. The van der Waals surface area contributed by atoms with Gasteiger partial charge in [0.15, 0.2) is 0 Å². The van der Waals surface area contributed by atoms with E-state index in [2.05, 4.69) is 32.6 Å². The zero-order valence-corrected chi connectivity index (χ0v) is 21.6. The lowest BCUT2D eigenvalue weighted by atomic mass is 10.0. The summed E-state index contributed by atoms with van der Waals surface area (Å²) < 4.78 is 16.8. The van der Waals surface area contributed by atoms with E-state index in [-0.39, 0.29) is 0 Å². The van der Waals surface area contributed by atoms with Crippen molar-refractivity contribution in [2.75, 3.05) is 65.8 Å². The van der Waals surface area contributed by atoms with Crippen LogP contribution in [0.2, 0.25) is 0 Å². The number of rotatable bonds is 20. The van der Waals surface area contributed by atoms with Crippen LogP contribution in [-0.2, 0) is 19.0 Å². The van der Waals surface area contributed by atoms with Crippen LogP contribution in [0.15, 0.2) is 0 Å². The van der Waals surface area contributed by atoms with E-state index in [1.165, 1.54) is 25.7 Å². The van der Waals surface area contributed by atoms with E-state index in [9.17, 15) is 4.79 Å². The molecular weight excluding hydrogens is 404 g/mol. The molecule has 1 rings (SSSR count). The highest BCUT2D eigenvalue weighted by Gasteiger charge is 2.21. The standard InChI is InChI=1S/C26H52N2O4/c1-24(2)12-8-5-6-10-18-30-20-22-32-23-21-31-19-11-7-9-13-26(29)28-16-14-27(15-17-28)25(3)4/h24-25H,5-23H2,1-4H3. The number of amides is 1. The van der Waals surface area contributed by atoms with Gasteiger partial charge in [-0.05, 0) is 39.0 Å². The van der Waals surface area contributed by atoms with Crippen LogP contribution in [0, 0.1) is 5.92 Å². The zero-order chi connectivity index (χ0) is 23.4. The number of unbranched alkanes of at least 4 members (excludes halogenated alkanes) is 5. The van der Waals surface area contributed by atoms with Crippen molar-refractivity contribution < 1.29 is 19.0 Å². The minimum absolute atomic E-state index is 0.316. The van der Waals surface area contributed by atoms with E-state index in [1.807, 2.05) is 4.90 Å². The molecule has 0 aliphatic carbocycles. The van der Waals surface area contributed by atoms with Crippen LogP contribution in [0.3, 0.4) is 0 Å². The molecule has 0 aromatic carbocycles. The highest BCUT2D eigenvalue weighted by atomic mass is 16.5. The summed E-state index contributed by atoms with van der Waals surface area (Å²) in [6.45, 7) is 16.9. The molecule has 190 valence electrons. The van der Waals surface area contributed by atoms with Gasteiger partial charge in [-0.15, -0.1) is 0 Å². The Morgan fingerprint density at radius 2 is 1.16 bits per heavy atom. The first-order chi connectivity index (χ1) is 15.5. The summed E-state index contributed by atoms with van der Waals surface area (Å²) in [7, 11) is 0. The highest BCUT2D eigenvalue weighted by molar-refractivity contribution is 5.76. The van der Waals surface area contributed by atoms with Gasteiger partial charge in [0.05, 0.1) is 26.4 Å². The van der Waals surface area contributed by atoms with E-state index in [1.54, 1.807) is 0 Å². The van der Waals surface area contributed by atoms with Gasteiger partial charge in [0.1, 0.15) is 0 Å². The Labute approximate surface area is 198 Å². The molecule has 0 unspecified atom stereocenters. The lowest BCUT2D eigenvalue weighted by Crippen LogP contribution is -2.50. The Kier molecular flexibility index (Phi) is 18.1. The summed E-state index contributed by atoms with van der Waals surface area (Å²) in [5.41, 5.74) is 0. The Hall–Kier alpha value is -0.690. The van der Waals surface area contributed by atoms with Crippen molar-refractivity contribution in [1.82, 2.24) is 9.80 Å². The molecular formula is C26H52N2O4. The Morgan fingerprint density at radius 1 is 0.656 bits per heavy atom. The molecule has 0 bridgehead atoms. The molecule has 0 aromatic rings. The quantitative estimate of drug-likeness (QED) is 0.247. The molecule has 1 fully saturated rings. The molecule has 1 aliphatic rings. The maximum atomic E-state index is 12.3. The second kappa shape index (κ2) is 19.7. The Morgan fingerprint density at radius 3 is 1.69 bits per heavy atom. The van der Waals surface area contributed by atoms with Crippen molar-refractivity contribution >= 4 is 5.91 Å². The molecule has 6 nitrogen and oxygen atoms in total. The number of piperazine rings is 1. The van der Waals surface area contributed by atoms with E-state index in [0.717, 1.165) is 71.0 Å². The number of hydrogen-bond acceptors (Lipinski definition) is 5. The summed E-state index contributed by atoms with van der Waals surface area (Å²) in [4.78, 5) is 16.8. The van der Waals surface area contributed by atoms with Crippen molar-refractivity contribution in [2.24, 2.45) is 5.92 Å².